The number of hydrogen-bond acceptors (Lipinski definition) is 2. The number of rotatable bonds is 2. The van der Waals surface area contributed by atoms with Gasteiger partial charge < -0.3 is 5.32 Å². The van der Waals surface area contributed by atoms with Crippen LogP contribution in [0.25, 0.3) is 0 Å². The average molecular weight is 357 g/mol. The molecule has 5 heteroatoms. The summed E-state index contributed by atoms with van der Waals surface area (Å²) in [6, 6.07) is 11.7. The van der Waals surface area contributed by atoms with Crippen LogP contribution in [0.3, 0.4) is 0 Å². The maximum absolute atomic E-state index is 12.2. The van der Waals surface area contributed by atoms with Gasteiger partial charge in [-0.1, -0.05) is 24.3 Å². The van der Waals surface area contributed by atoms with Crippen molar-refractivity contribution in [1.29, 1.82) is 0 Å². The molecule has 19 heavy (non-hydrogen) atoms. The van der Waals surface area contributed by atoms with Crippen LogP contribution in [0.1, 0.15) is 26.8 Å². The topological polar surface area (TPSA) is 29.1 Å². The number of carbonyl (C=O) groups excluding carboxylic acids is 1. The van der Waals surface area contributed by atoms with Gasteiger partial charge in [0.05, 0.1) is 20.1 Å². The molecule has 1 N–H and O–H groups in total. The summed E-state index contributed by atoms with van der Waals surface area (Å²) in [5, 5.41) is 2.95. The Hall–Kier alpha value is -0.840. The number of halogens is 2. The van der Waals surface area contributed by atoms with Crippen molar-refractivity contribution in [1.82, 2.24) is 5.32 Å². The molecule has 1 aromatic heterocycles. The summed E-state index contributed by atoms with van der Waals surface area (Å²) in [7, 11) is 0. The number of hydrogen-bond donors (Lipinski definition) is 1. The summed E-state index contributed by atoms with van der Waals surface area (Å²) in [5.41, 5.74) is 2.35. The molecule has 0 bridgehead atoms. The molecule has 2 atom stereocenters. The van der Waals surface area contributed by atoms with E-state index >= 15 is 0 Å². The first-order valence-corrected chi connectivity index (χ1v) is 7.98. The van der Waals surface area contributed by atoms with Crippen LogP contribution < -0.4 is 5.32 Å². The Balaban J connectivity index is 1.82. The van der Waals surface area contributed by atoms with Crippen molar-refractivity contribution in [2.75, 3.05) is 0 Å². The van der Waals surface area contributed by atoms with Crippen molar-refractivity contribution in [2.24, 2.45) is 0 Å². The van der Waals surface area contributed by atoms with Gasteiger partial charge in [0.15, 0.2) is 0 Å². The molecule has 1 heterocycles. The molecule has 3 rings (SSSR count). The van der Waals surface area contributed by atoms with E-state index in [1.807, 2.05) is 30.3 Å². The summed E-state index contributed by atoms with van der Waals surface area (Å²) >= 11 is 11.1. The maximum Gasteiger partial charge on any atom is 0.261 e. The molecule has 2 unspecified atom stereocenters. The average Bonchev–Trinajstić information content (AvgIpc) is 2.95. The summed E-state index contributed by atoms with van der Waals surface area (Å²) in [4.78, 5) is 12.9. The number of thiophene rings is 1. The molecule has 2 aromatic rings. The van der Waals surface area contributed by atoms with Gasteiger partial charge in [0.2, 0.25) is 0 Å². The molecule has 0 aliphatic heterocycles. The van der Waals surface area contributed by atoms with E-state index in [0.717, 1.165) is 15.8 Å². The van der Waals surface area contributed by atoms with Gasteiger partial charge in [-0.05, 0) is 45.6 Å². The van der Waals surface area contributed by atoms with Gasteiger partial charge in [-0.2, -0.15) is 0 Å². The first kappa shape index (κ1) is 13.2. The summed E-state index contributed by atoms with van der Waals surface area (Å²) in [5.74, 6) is -0.0666. The fourth-order valence-electron chi connectivity index (χ4n) is 2.36. The largest absolute Gasteiger partial charge is 0.343 e. The minimum atomic E-state index is -0.105. The number of amides is 1. The molecule has 98 valence electrons. The van der Waals surface area contributed by atoms with E-state index in [0.29, 0.717) is 4.88 Å². The molecule has 1 aliphatic carbocycles. The highest BCUT2D eigenvalue weighted by molar-refractivity contribution is 9.11. The van der Waals surface area contributed by atoms with Crippen molar-refractivity contribution >= 4 is 44.8 Å². The molecular formula is C14H11BrClNOS. The molecule has 0 radical (unpaired) electrons. The Morgan fingerprint density at radius 2 is 2.11 bits per heavy atom. The monoisotopic (exact) mass is 355 g/mol. The van der Waals surface area contributed by atoms with Crippen LogP contribution in [-0.4, -0.2) is 11.3 Å². The molecule has 0 fully saturated rings. The predicted molar refractivity (Wildman–Crippen MR) is 82.0 cm³/mol. The number of carbonyl (C=O) groups is 1. The van der Waals surface area contributed by atoms with Gasteiger partial charge in [0.1, 0.15) is 0 Å². The first-order valence-electron chi connectivity index (χ1n) is 5.93. The van der Waals surface area contributed by atoms with Crippen molar-refractivity contribution in [3.8, 4) is 0 Å². The SMILES string of the molecule is O=C(NC1c2ccccc2CC1Cl)c1ccc(Br)s1. The number of nitrogens with one attached hydrogen (secondary N) is 1. The van der Waals surface area contributed by atoms with Crippen LogP contribution in [-0.2, 0) is 6.42 Å². The number of benzene rings is 1. The summed E-state index contributed by atoms with van der Waals surface area (Å²) in [6.07, 6.45) is 0.802. The van der Waals surface area contributed by atoms with Crippen LogP contribution in [0, 0.1) is 0 Å². The van der Waals surface area contributed by atoms with Crippen LogP contribution in [0.4, 0.5) is 0 Å². The molecule has 0 saturated heterocycles. The Morgan fingerprint density at radius 1 is 1.32 bits per heavy atom. The molecular weight excluding hydrogens is 346 g/mol. The normalized spacial score (nSPS) is 21.2. The molecule has 1 amide bonds. The predicted octanol–water partition coefficient (Wildman–Crippen LogP) is 4.15. The second-order valence-corrected chi connectivity index (χ2v) is 7.50. The van der Waals surface area contributed by atoms with E-state index in [4.69, 9.17) is 11.6 Å². The third kappa shape index (κ3) is 2.57. The summed E-state index contributed by atoms with van der Waals surface area (Å²) in [6.45, 7) is 0. The van der Waals surface area contributed by atoms with Gasteiger partial charge in [-0.3, -0.25) is 4.79 Å². The lowest BCUT2D eigenvalue weighted by molar-refractivity contribution is 0.0941. The van der Waals surface area contributed by atoms with Gasteiger partial charge in [0.25, 0.3) is 5.91 Å². The number of alkyl halides is 1. The van der Waals surface area contributed by atoms with E-state index in [1.165, 1.54) is 16.9 Å². The second kappa shape index (κ2) is 5.27. The van der Waals surface area contributed by atoms with Crippen molar-refractivity contribution in [3.63, 3.8) is 0 Å². The molecule has 2 nitrogen and oxygen atoms in total. The van der Waals surface area contributed by atoms with Crippen LogP contribution >= 0.6 is 38.9 Å². The maximum atomic E-state index is 12.2. The van der Waals surface area contributed by atoms with Gasteiger partial charge in [0, 0.05) is 0 Å². The summed E-state index contributed by atoms with van der Waals surface area (Å²) < 4.78 is 0.951. The zero-order valence-corrected chi connectivity index (χ0v) is 13.1. The van der Waals surface area contributed by atoms with Crippen LogP contribution in [0.2, 0.25) is 0 Å². The molecule has 0 saturated carbocycles. The zero-order valence-electron chi connectivity index (χ0n) is 9.90. The Bertz CT molecular complexity index is 627. The van der Waals surface area contributed by atoms with E-state index in [1.54, 1.807) is 0 Å². The highest BCUT2D eigenvalue weighted by Gasteiger charge is 2.32. The fraction of sp³-hybridized carbons (Fsp3) is 0.214. The van der Waals surface area contributed by atoms with Crippen LogP contribution in [0.15, 0.2) is 40.2 Å². The van der Waals surface area contributed by atoms with E-state index < -0.39 is 0 Å². The van der Waals surface area contributed by atoms with Crippen molar-refractivity contribution in [3.05, 3.63) is 56.2 Å². The third-order valence-corrected chi connectivity index (χ3v) is 5.28. The Labute approximate surface area is 128 Å². The van der Waals surface area contributed by atoms with E-state index in [2.05, 4.69) is 27.3 Å². The number of fused-ring (bicyclic) bond motifs is 1. The Morgan fingerprint density at radius 3 is 2.84 bits per heavy atom. The third-order valence-electron chi connectivity index (χ3n) is 3.25. The van der Waals surface area contributed by atoms with Gasteiger partial charge in [-0.25, -0.2) is 0 Å². The standard InChI is InChI=1S/C14H11BrClNOS/c15-12-6-5-11(19-12)14(18)17-13-9-4-2-1-3-8(9)7-10(13)16/h1-6,10,13H,7H2,(H,17,18). The highest BCUT2D eigenvalue weighted by Crippen LogP contribution is 2.35. The fourth-order valence-corrected chi connectivity index (χ4v) is 4.02. The zero-order chi connectivity index (χ0) is 13.4. The van der Waals surface area contributed by atoms with Gasteiger partial charge in [-0.15, -0.1) is 22.9 Å². The Kier molecular flexibility index (Phi) is 3.65. The van der Waals surface area contributed by atoms with Crippen LogP contribution in [0.5, 0.6) is 0 Å². The lowest BCUT2D eigenvalue weighted by atomic mass is 10.1. The minimum Gasteiger partial charge on any atom is -0.343 e. The molecule has 0 spiro atoms. The molecule has 1 aliphatic rings. The van der Waals surface area contributed by atoms with Crippen molar-refractivity contribution in [2.45, 2.75) is 17.8 Å². The second-order valence-electron chi connectivity index (χ2n) is 4.47. The van der Waals surface area contributed by atoms with Gasteiger partial charge >= 0.3 is 0 Å². The smallest absolute Gasteiger partial charge is 0.261 e. The quantitative estimate of drug-likeness (QED) is 0.805. The highest BCUT2D eigenvalue weighted by atomic mass is 79.9. The lowest BCUT2D eigenvalue weighted by Crippen LogP contribution is -2.31. The lowest BCUT2D eigenvalue weighted by Gasteiger charge is -2.16. The van der Waals surface area contributed by atoms with E-state index in [9.17, 15) is 4.79 Å². The minimum absolute atomic E-state index is 0.0666. The van der Waals surface area contributed by atoms with E-state index in [-0.39, 0.29) is 17.3 Å². The molecule has 1 aromatic carbocycles. The van der Waals surface area contributed by atoms with Crippen molar-refractivity contribution < 1.29 is 4.79 Å². The first-order chi connectivity index (χ1) is 9.15.